The molecule has 1 aliphatic heterocycles. The molecule has 2 aromatic carbocycles. The highest BCUT2D eigenvalue weighted by molar-refractivity contribution is 6.20. The molecule has 2 aromatic rings. The third-order valence-corrected chi connectivity index (χ3v) is 4.15. The lowest BCUT2D eigenvalue weighted by molar-refractivity contribution is 0.288. The highest BCUT2D eigenvalue weighted by Gasteiger charge is 2.32. The predicted molar refractivity (Wildman–Crippen MR) is 79.0 cm³/mol. The molecule has 0 aromatic heterocycles. The smallest absolute Gasteiger partial charge is 0.179 e. The van der Waals surface area contributed by atoms with E-state index in [9.17, 15) is 0 Å². The molecule has 1 nitrogen and oxygen atoms in total. The zero-order valence-electron chi connectivity index (χ0n) is 11.0. The number of aryl methyl sites for hydroxylation is 1. The molecule has 2 atom stereocenters. The largest absolute Gasteiger partial charge is 0.474 e. The van der Waals surface area contributed by atoms with E-state index in [0.717, 1.165) is 18.6 Å². The van der Waals surface area contributed by atoms with Crippen molar-refractivity contribution in [3.8, 4) is 5.75 Å². The minimum absolute atomic E-state index is 0.241. The standard InChI is InChI=1S/C17H17ClO/c1-2-12-7-9-13(10-8-12)11-15-14-5-3-4-6-16(14)19-17(15)18/h3-10,15,17H,2,11H2,1H3. The summed E-state index contributed by atoms with van der Waals surface area (Å²) in [7, 11) is 0. The Morgan fingerprint density at radius 2 is 1.68 bits per heavy atom. The van der Waals surface area contributed by atoms with E-state index in [0.29, 0.717) is 0 Å². The van der Waals surface area contributed by atoms with Gasteiger partial charge in [-0.3, -0.25) is 0 Å². The normalized spacial score (nSPS) is 20.9. The molecule has 0 fully saturated rings. The Balaban J connectivity index is 1.82. The van der Waals surface area contributed by atoms with Gasteiger partial charge in [-0.2, -0.15) is 0 Å². The molecule has 19 heavy (non-hydrogen) atoms. The first-order valence-corrected chi connectivity index (χ1v) is 7.19. The second kappa shape index (κ2) is 5.26. The van der Waals surface area contributed by atoms with Gasteiger partial charge in [-0.1, -0.05) is 61.0 Å². The second-order valence-corrected chi connectivity index (χ2v) is 5.42. The van der Waals surface area contributed by atoms with Crippen LogP contribution < -0.4 is 4.74 Å². The number of alkyl halides is 1. The van der Waals surface area contributed by atoms with Gasteiger partial charge in [-0.15, -0.1) is 0 Å². The van der Waals surface area contributed by atoms with Crippen LogP contribution in [0.1, 0.15) is 29.5 Å². The Hall–Kier alpha value is -1.47. The summed E-state index contributed by atoms with van der Waals surface area (Å²) >= 11 is 6.33. The lowest BCUT2D eigenvalue weighted by atomic mass is 9.93. The summed E-state index contributed by atoms with van der Waals surface area (Å²) in [6.07, 6.45) is 2.00. The van der Waals surface area contributed by atoms with Gasteiger partial charge >= 0.3 is 0 Å². The Morgan fingerprint density at radius 1 is 1.00 bits per heavy atom. The van der Waals surface area contributed by atoms with Crippen molar-refractivity contribution in [3.63, 3.8) is 0 Å². The number of fused-ring (bicyclic) bond motifs is 1. The minimum atomic E-state index is -0.261. The summed E-state index contributed by atoms with van der Waals surface area (Å²) in [5.74, 6) is 1.17. The molecule has 0 saturated carbocycles. The minimum Gasteiger partial charge on any atom is -0.474 e. The first kappa shape index (κ1) is 12.6. The van der Waals surface area contributed by atoms with Gasteiger partial charge < -0.3 is 4.74 Å². The van der Waals surface area contributed by atoms with Gasteiger partial charge in [0.25, 0.3) is 0 Å². The van der Waals surface area contributed by atoms with Gasteiger partial charge in [-0.25, -0.2) is 0 Å². The van der Waals surface area contributed by atoms with Crippen LogP contribution in [0.25, 0.3) is 0 Å². The fourth-order valence-electron chi connectivity index (χ4n) is 2.61. The molecule has 1 aliphatic rings. The Labute approximate surface area is 119 Å². The van der Waals surface area contributed by atoms with E-state index in [1.165, 1.54) is 16.7 Å². The van der Waals surface area contributed by atoms with E-state index in [1.807, 2.05) is 18.2 Å². The lowest BCUT2D eigenvalue weighted by Gasteiger charge is -2.13. The quantitative estimate of drug-likeness (QED) is 0.746. The zero-order chi connectivity index (χ0) is 13.2. The van der Waals surface area contributed by atoms with E-state index in [4.69, 9.17) is 16.3 Å². The molecule has 0 bridgehead atoms. The summed E-state index contributed by atoms with van der Waals surface area (Å²) in [4.78, 5) is 0. The van der Waals surface area contributed by atoms with Gasteiger partial charge in [0, 0.05) is 11.5 Å². The number of halogens is 1. The average molecular weight is 273 g/mol. The number of hydrogen-bond donors (Lipinski definition) is 0. The molecule has 2 unspecified atom stereocenters. The van der Waals surface area contributed by atoms with Crippen LogP contribution in [0.2, 0.25) is 0 Å². The van der Waals surface area contributed by atoms with Crippen molar-refractivity contribution in [2.75, 3.05) is 0 Å². The molecule has 2 heteroatoms. The molecule has 0 spiro atoms. The van der Waals surface area contributed by atoms with Crippen LogP contribution in [0.15, 0.2) is 48.5 Å². The summed E-state index contributed by atoms with van der Waals surface area (Å²) in [5, 5.41) is 0. The summed E-state index contributed by atoms with van der Waals surface area (Å²) in [5.41, 5.74) is 3.65. The van der Waals surface area contributed by atoms with E-state index < -0.39 is 0 Å². The highest BCUT2D eigenvalue weighted by atomic mass is 35.5. The number of ether oxygens (including phenoxy) is 1. The number of benzene rings is 2. The molecule has 3 rings (SSSR count). The number of hydrogen-bond acceptors (Lipinski definition) is 1. The molecule has 0 N–H and O–H groups in total. The molecule has 0 aliphatic carbocycles. The summed E-state index contributed by atoms with van der Waals surface area (Å²) in [6, 6.07) is 16.9. The Morgan fingerprint density at radius 3 is 2.42 bits per heavy atom. The predicted octanol–water partition coefficient (Wildman–Crippen LogP) is 4.53. The summed E-state index contributed by atoms with van der Waals surface area (Å²) < 4.78 is 5.70. The first-order valence-electron chi connectivity index (χ1n) is 6.75. The van der Waals surface area contributed by atoms with Gasteiger partial charge in [0.1, 0.15) is 5.75 Å². The van der Waals surface area contributed by atoms with Gasteiger partial charge in [0.2, 0.25) is 0 Å². The van der Waals surface area contributed by atoms with Crippen molar-refractivity contribution in [2.45, 2.75) is 31.2 Å². The van der Waals surface area contributed by atoms with Crippen LogP contribution in [0, 0.1) is 0 Å². The van der Waals surface area contributed by atoms with Crippen LogP contribution in [0.3, 0.4) is 0 Å². The number of para-hydroxylation sites is 1. The van der Waals surface area contributed by atoms with Crippen molar-refractivity contribution >= 4 is 11.6 Å². The van der Waals surface area contributed by atoms with Gasteiger partial charge in [0.05, 0.1) is 0 Å². The van der Waals surface area contributed by atoms with Crippen molar-refractivity contribution in [1.29, 1.82) is 0 Å². The third kappa shape index (κ3) is 2.48. The zero-order valence-corrected chi connectivity index (χ0v) is 11.7. The molecule has 0 amide bonds. The third-order valence-electron chi connectivity index (χ3n) is 3.76. The van der Waals surface area contributed by atoms with Crippen molar-refractivity contribution in [3.05, 3.63) is 65.2 Å². The van der Waals surface area contributed by atoms with E-state index in [-0.39, 0.29) is 11.5 Å². The monoisotopic (exact) mass is 272 g/mol. The molecule has 1 heterocycles. The highest BCUT2D eigenvalue weighted by Crippen LogP contribution is 2.41. The fourth-order valence-corrected chi connectivity index (χ4v) is 2.93. The van der Waals surface area contributed by atoms with Crippen LogP contribution in [0.4, 0.5) is 0 Å². The maximum absolute atomic E-state index is 6.33. The van der Waals surface area contributed by atoms with Crippen LogP contribution in [-0.4, -0.2) is 5.56 Å². The first-order chi connectivity index (χ1) is 9.28. The van der Waals surface area contributed by atoms with E-state index in [2.05, 4.69) is 37.3 Å². The van der Waals surface area contributed by atoms with Crippen molar-refractivity contribution in [1.82, 2.24) is 0 Å². The Bertz CT molecular complexity index is 562. The van der Waals surface area contributed by atoms with Crippen molar-refractivity contribution < 1.29 is 4.74 Å². The van der Waals surface area contributed by atoms with Gasteiger partial charge in [-0.05, 0) is 30.0 Å². The SMILES string of the molecule is CCc1ccc(CC2c3ccccc3OC2Cl)cc1. The number of rotatable bonds is 3. The molecular formula is C17H17ClO. The average Bonchev–Trinajstić information content (AvgIpc) is 2.76. The van der Waals surface area contributed by atoms with Crippen LogP contribution in [0.5, 0.6) is 5.75 Å². The molecule has 0 saturated heterocycles. The van der Waals surface area contributed by atoms with Crippen LogP contribution in [-0.2, 0) is 12.8 Å². The fraction of sp³-hybridized carbons (Fsp3) is 0.294. The Kier molecular flexibility index (Phi) is 3.48. The maximum Gasteiger partial charge on any atom is 0.179 e. The molecule has 98 valence electrons. The van der Waals surface area contributed by atoms with E-state index in [1.54, 1.807) is 0 Å². The second-order valence-electron chi connectivity index (χ2n) is 4.99. The van der Waals surface area contributed by atoms with Crippen molar-refractivity contribution in [2.24, 2.45) is 0 Å². The van der Waals surface area contributed by atoms with Gasteiger partial charge in [0.15, 0.2) is 5.56 Å². The van der Waals surface area contributed by atoms with Crippen LogP contribution >= 0.6 is 11.6 Å². The molecular weight excluding hydrogens is 256 g/mol. The topological polar surface area (TPSA) is 9.23 Å². The maximum atomic E-state index is 6.33. The molecule has 0 radical (unpaired) electrons. The van der Waals surface area contributed by atoms with E-state index >= 15 is 0 Å². The summed E-state index contributed by atoms with van der Waals surface area (Å²) in [6.45, 7) is 2.17. The lowest BCUT2D eigenvalue weighted by Crippen LogP contribution is -2.13.